The molecule has 1 aliphatic carbocycles. The molecule has 0 aromatic heterocycles. The van der Waals surface area contributed by atoms with Crippen molar-refractivity contribution in [1.29, 1.82) is 0 Å². The summed E-state index contributed by atoms with van der Waals surface area (Å²) in [4.78, 5) is 2.08. The van der Waals surface area contributed by atoms with E-state index in [-0.39, 0.29) is 18.0 Å². The minimum atomic E-state index is -0.160. The van der Waals surface area contributed by atoms with Crippen LogP contribution < -0.4 is 16.0 Å². The maximum absolute atomic E-state index is 14.6. The molecule has 4 nitrogen and oxygen atoms in total. The fraction of sp³-hybridized carbons (Fsp3) is 0.684. The number of ether oxygens (including phenoxy) is 1. The van der Waals surface area contributed by atoms with Gasteiger partial charge in [0.1, 0.15) is 5.82 Å². The predicted octanol–water partition coefficient (Wildman–Crippen LogP) is 3.37. The number of anilines is 2. The van der Waals surface area contributed by atoms with Crippen molar-refractivity contribution in [1.82, 2.24) is 0 Å². The van der Waals surface area contributed by atoms with Gasteiger partial charge in [-0.2, -0.15) is 0 Å². The molecule has 0 bridgehead atoms. The Hall–Kier alpha value is -1.33. The Morgan fingerprint density at radius 1 is 1.17 bits per heavy atom. The Labute approximate surface area is 144 Å². The van der Waals surface area contributed by atoms with E-state index in [2.05, 4.69) is 10.2 Å². The molecule has 2 atom stereocenters. The van der Waals surface area contributed by atoms with Crippen LogP contribution in [0.25, 0.3) is 0 Å². The number of nitrogens with zero attached hydrogens (tertiary/aromatic N) is 1. The number of halogens is 1. The second kappa shape index (κ2) is 7.70. The van der Waals surface area contributed by atoms with E-state index in [1.165, 1.54) is 0 Å². The molecule has 1 aromatic carbocycles. The Balaban J connectivity index is 1.58. The van der Waals surface area contributed by atoms with Crippen molar-refractivity contribution in [2.45, 2.75) is 57.8 Å². The molecule has 1 aromatic rings. The first kappa shape index (κ1) is 17.5. The van der Waals surface area contributed by atoms with E-state index < -0.39 is 0 Å². The molecule has 134 valence electrons. The highest BCUT2D eigenvalue weighted by atomic mass is 19.1. The Kier molecular flexibility index (Phi) is 5.61. The van der Waals surface area contributed by atoms with E-state index in [9.17, 15) is 4.39 Å². The van der Waals surface area contributed by atoms with E-state index in [1.54, 1.807) is 6.07 Å². The van der Waals surface area contributed by atoms with Crippen LogP contribution in [0, 0.1) is 11.7 Å². The van der Waals surface area contributed by atoms with E-state index >= 15 is 0 Å². The average Bonchev–Trinajstić information content (AvgIpc) is 2.53. The maximum Gasteiger partial charge on any atom is 0.148 e. The molecular weight excluding hydrogens is 305 g/mol. The van der Waals surface area contributed by atoms with Crippen molar-refractivity contribution >= 4 is 11.4 Å². The van der Waals surface area contributed by atoms with Crippen LogP contribution in [-0.4, -0.2) is 37.9 Å². The molecule has 0 unspecified atom stereocenters. The molecule has 0 radical (unpaired) electrons. The molecular formula is C19H30FN3O. The number of nitrogens with one attached hydrogen (secondary N) is 1. The van der Waals surface area contributed by atoms with Crippen LogP contribution in [0.15, 0.2) is 18.2 Å². The summed E-state index contributed by atoms with van der Waals surface area (Å²) in [5, 5.41) is 3.39. The fourth-order valence-electron chi connectivity index (χ4n) is 3.90. The van der Waals surface area contributed by atoms with E-state index in [1.807, 2.05) is 26.0 Å². The zero-order chi connectivity index (χ0) is 17.1. The Morgan fingerprint density at radius 2 is 1.83 bits per heavy atom. The van der Waals surface area contributed by atoms with Crippen molar-refractivity contribution in [3.63, 3.8) is 0 Å². The van der Waals surface area contributed by atoms with Gasteiger partial charge in [-0.3, -0.25) is 0 Å². The van der Waals surface area contributed by atoms with E-state index in [0.717, 1.165) is 51.0 Å². The number of benzene rings is 1. The average molecular weight is 335 g/mol. The number of rotatable bonds is 4. The lowest BCUT2D eigenvalue weighted by atomic mass is 9.86. The van der Waals surface area contributed by atoms with Gasteiger partial charge < -0.3 is 20.7 Å². The highest BCUT2D eigenvalue weighted by Gasteiger charge is 2.24. The lowest BCUT2D eigenvalue weighted by Crippen LogP contribution is -2.45. The molecule has 5 heteroatoms. The molecule has 2 aliphatic rings. The lowest BCUT2D eigenvalue weighted by molar-refractivity contribution is -0.00539. The van der Waals surface area contributed by atoms with Crippen molar-refractivity contribution in [3.8, 4) is 0 Å². The quantitative estimate of drug-likeness (QED) is 0.886. The summed E-state index contributed by atoms with van der Waals surface area (Å²) in [5.74, 6) is 0.487. The summed E-state index contributed by atoms with van der Waals surface area (Å²) >= 11 is 0. The first-order chi connectivity index (χ1) is 11.5. The van der Waals surface area contributed by atoms with Gasteiger partial charge in [0, 0.05) is 31.4 Å². The third-order valence-corrected chi connectivity index (χ3v) is 5.19. The smallest absolute Gasteiger partial charge is 0.148 e. The largest absolute Gasteiger partial charge is 0.385 e. The zero-order valence-corrected chi connectivity index (χ0v) is 14.8. The summed E-state index contributed by atoms with van der Waals surface area (Å²) in [5.41, 5.74) is 7.48. The molecule has 1 heterocycles. The summed E-state index contributed by atoms with van der Waals surface area (Å²) in [6.45, 7) is 6.43. The second-order valence-electron chi connectivity index (χ2n) is 7.49. The van der Waals surface area contributed by atoms with Crippen LogP contribution in [0.2, 0.25) is 0 Å². The van der Waals surface area contributed by atoms with Gasteiger partial charge in [-0.25, -0.2) is 4.39 Å². The summed E-state index contributed by atoms with van der Waals surface area (Å²) < 4.78 is 20.3. The third kappa shape index (κ3) is 4.39. The SMILES string of the molecule is C[C@@H]1CN(c2ccc(NCC3CCC(N)CC3)cc2F)C[C@@H](C)O1. The van der Waals surface area contributed by atoms with Crippen LogP contribution in [-0.2, 0) is 4.74 Å². The van der Waals surface area contributed by atoms with Crippen LogP contribution >= 0.6 is 0 Å². The van der Waals surface area contributed by atoms with Gasteiger partial charge in [0.25, 0.3) is 0 Å². The van der Waals surface area contributed by atoms with Gasteiger partial charge in [0.15, 0.2) is 0 Å². The molecule has 3 N–H and O–H groups in total. The summed E-state index contributed by atoms with van der Waals surface area (Å²) in [6, 6.07) is 5.86. The second-order valence-corrected chi connectivity index (χ2v) is 7.49. The lowest BCUT2D eigenvalue weighted by Gasteiger charge is -2.37. The highest BCUT2D eigenvalue weighted by molar-refractivity contribution is 5.56. The van der Waals surface area contributed by atoms with Gasteiger partial charge >= 0.3 is 0 Å². The van der Waals surface area contributed by atoms with Crippen LogP contribution in [0.5, 0.6) is 0 Å². The minimum absolute atomic E-state index is 0.128. The minimum Gasteiger partial charge on any atom is -0.385 e. The molecule has 1 saturated carbocycles. The predicted molar refractivity (Wildman–Crippen MR) is 97.0 cm³/mol. The summed E-state index contributed by atoms with van der Waals surface area (Å²) in [6.07, 6.45) is 4.80. The van der Waals surface area contributed by atoms with Crippen molar-refractivity contribution in [3.05, 3.63) is 24.0 Å². The van der Waals surface area contributed by atoms with E-state index in [0.29, 0.717) is 17.6 Å². The third-order valence-electron chi connectivity index (χ3n) is 5.19. The van der Waals surface area contributed by atoms with Gasteiger partial charge in [-0.15, -0.1) is 0 Å². The van der Waals surface area contributed by atoms with Gasteiger partial charge in [-0.05, 0) is 63.6 Å². The zero-order valence-electron chi connectivity index (χ0n) is 14.8. The number of morpholine rings is 1. The number of hydrogen-bond donors (Lipinski definition) is 2. The molecule has 1 aliphatic heterocycles. The molecule has 0 amide bonds. The number of nitrogens with two attached hydrogens (primary N) is 1. The van der Waals surface area contributed by atoms with Crippen molar-refractivity contribution in [2.75, 3.05) is 29.9 Å². The van der Waals surface area contributed by atoms with Gasteiger partial charge in [0.2, 0.25) is 0 Å². The van der Waals surface area contributed by atoms with Crippen molar-refractivity contribution in [2.24, 2.45) is 11.7 Å². The highest BCUT2D eigenvalue weighted by Crippen LogP contribution is 2.27. The van der Waals surface area contributed by atoms with Crippen LogP contribution in [0.1, 0.15) is 39.5 Å². The Morgan fingerprint density at radius 3 is 2.46 bits per heavy atom. The first-order valence-corrected chi connectivity index (χ1v) is 9.20. The monoisotopic (exact) mass is 335 g/mol. The van der Waals surface area contributed by atoms with Crippen molar-refractivity contribution < 1.29 is 9.13 Å². The van der Waals surface area contributed by atoms with E-state index in [4.69, 9.17) is 10.5 Å². The first-order valence-electron chi connectivity index (χ1n) is 9.20. The molecule has 24 heavy (non-hydrogen) atoms. The standard InChI is InChI=1S/C19H30FN3O/c1-13-11-23(12-14(2)24-13)19-8-7-17(9-18(19)20)22-10-15-3-5-16(21)6-4-15/h7-9,13-16,22H,3-6,10-12,21H2,1-2H3/t13-,14-,15?,16?/m1/s1. The summed E-state index contributed by atoms with van der Waals surface area (Å²) in [7, 11) is 0. The number of hydrogen-bond acceptors (Lipinski definition) is 4. The van der Waals surface area contributed by atoms with Crippen LogP contribution in [0.3, 0.4) is 0 Å². The maximum atomic E-state index is 14.6. The molecule has 1 saturated heterocycles. The fourth-order valence-corrected chi connectivity index (χ4v) is 3.90. The molecule has 0 spiro atoms. The Bertz CT molecular complexity index is 535. The molecule has 3 rings (SSSR count). The van der Waals surface area contributed by atoms with Gasteiger partial charge in [-0.1, -0.05) is 0 Å². The topological polar surface area (TPSA) is 50.5 Å². The normalized spacial score (nSPS) is 31.1. The van der Waals surface area contributed by atoms with Gasteiger partial charge in [0.05, 0.1) is 17.9 Å². The van der Waals surface area contributed by atoms with Crippen LogP contribution in [0.4, 0.5) is 15.8 Å². The molecule has 2 fully saturated rings.